The molecule has 0 bridgehead atoms. The van der Waals surface area contributed by atoms with Crippen molar-refractivity contribution in [2.75, 3.05) is 19.9 Å². The van der Waals surface area contributed by atoms with Gasteiger partial charge in [0.15, 0.2) is 0 Å². The fourth-order valence-electron chi connectivity index (χ4n) is 3.23. The summed E-state index contributed by atoms with van der Waals surface area (Å²) in [5.41, 5.74) is 12.2. The molecule has 194 valence electrons. The summed E-state index contributed by atoms with van der Waals surface area (Å²) >= 11 is 1.59. The van der Waals surface area contributed by atoms with Crippen molar-refractivity contribution < 1.29 is 19.1 Å². The minimum atomic E-state index is -1.000. The van der Waals surface area contributed by atoms with E-state index in [-0.39, 0.29) is 12.8 Å². The predicted molar refractivity (Wildman–Crippen MR) is 139 cm³/mol. The Kier molecular flexibility index (Phi) is 12.6. The molecule has 2 aromatic carbocycles. The van der Waals surface area contributed by atoms with Crippen LogP contribution in [0.3, 0.4) is 0 Å². The van der Waals surface area contributed by atoms with E-state index in [2.05, 4.69) is 26.2 Å². The van der Waals surface area contributed by atoms with Crippen LogP contribution in [0.2, 0.25) is 0 Å². The minimum absolute atomic E-state index is 0.188. The number of rotatable bonds is 13. The molecule has 12 heteroatoms. The smallest absolute Gasteiger partial charge is 0.360 e. The van der Waals surface area contributed by atoms with Crippen molar-refractivity contribution in [3.05, 3.63) is 60.2 Å². The van der Waals surface area contributed by atoms with Crippen LogP contribution < -0.4 is 27.4 Å². The summed E-state index contributed by atoms with van der Waals surface area (Å²) in [5, 5.41) is 15.7. The first-order chi connectivity index (χ1) is 17.3. The highest BCUT2D eigenvalue weighted by molar-refractivity contribution is 7.98. The van der Waals surface area contributed by atoms with Gasteiger partial charge in [-0.3, -0.25) is 10.1 Å². The number of esters is 1. The topological polar surface area (TPSA) is 173 Å². The fraction of sp³-hybridized carbons (Fsp3) is 0.375. The van der Waals surface area contributed by atoms with E-state index in [1.807, 2.05) is 48.7 Å². The molecule has 0 saturated heterocycles. The third-order valence-corrected chi connectivity index (χ3v) is 5.82. The van der Waals surface area contributed by atoms with E-state index in [1.165, 1.54) is 7.11 Å². The second-order valence-electron chi connectivity index (χ2n) is 7.80. The first-order valence-corrected chi connectivity index (χ1v) is 12.6. The van der Waals surface area contributed by atoms with E-state index >= 15 is 0 Å². The Morgan fingerprint density at radius 1 is 1.00 bits per heavy atom. The largest absolute Gasteiger partial charge is 0.467 e. The van der Waals surface area contributed by atoms with Gasteiger partial charge in [-0.25, -0.2) is 9.59 Å². The van der Waals surface area contributed by atoms with Crippen LogP contribution in [-0.4, -0.2) is 56.2 Å². The number of nitrogens with one attached hydrogen (secondary N) is 3. The van der Waals surface area contributed by atoms with Crippen LogP contribution in [0.1, 0.15) is 18.4 Å². The number of hydrogen-bond donors (Lipinski definition) is 5. The first kappa shape index (κ1) is 28.9. The number of amides is 3. The van der Waals surface area contributed by atoms with E-state index in [0.717, 1.165) is 10.5 Å². The highest BCUT2D eigenvalue weighted by atomic mass is 32.2. The lowest BCUT2D eigenvalue weighted by atomic mass is 10.0. The van der Waals surface area contributed by atoms with Crippen molar-refractivity contribution in [3.8, 4) is 0 Å². The van der Waals surface area contributed by atoms with Gasteiger partial charge in [-0.15, -0.1) is 16.9 Å². The standard InChI is InChI=1S/C24H33N7O4S/c1-35-22(33)19(9-6-14-27-23(25)26)28-21(32)20(15-16-7-4-3-5-8-16)29-24(34)31-30-17-10-12-18(36-2)13-11-17/h3-5,7-8,10-13,19-20,23,27H,6,9,14-15,25-26H2,1-2H3,(H,28,32)(H,29,34)/b31-30+. The lowest BCUT2D eigenvalue weighted by Gasteiger charge is -2.22. The maximum Gasteiger partial charge on any atom is 0.360 e. The number of nitrogens with two attached hydrogens (primary N) is 2. The van der Waals surface area contributed by atoms with Crippen molar-refractivity contribution in [3.63, 3.8) is 0 Å². The summed E-state index contributed by atoms with van der Waals surface area (Å²) < 4.78 is 4.83. The van der Waals surface area contributed by atoms with Gasteiger partial charge >= 0.3 is 12.0 Å². The lowest BCUT2D eigenvalue weighted by molar-refractivity contribution is -0.145. The number of azo groups is 1. The summed E-state index contributed by atoms with van der Waals surface area (Å²) in [6, 6.07) is 13.7. The van der Waals surface area contributed by atoms with Crippen LogP contribution in [0.4, 0.5) is 10.5 Å². The number of methoxy groups -OCH3 is 1. The zero-order valence-corrected chi connectivity index (χ0v) is 21.2. The van der Waals surface area contributed by atoms with E-state index in [1.54, 1.807) is 23.9 Å². The summed E-state index contributed by atoms with van der Waals surface area (Å²) in [7, 11) is 1.24. The van der Waals surface area contributed by atoms with Gasteiger partial charge in [0, 0.05) is 11.3 Å². The van der Waals surface area contributed by atoms with Gasteiger partial charge in [0.25, 0.3) is 0 Å². The number of hydrogen-bond acceptors (Lipinski definition) is 9. The van der Waals surface area contributed by atoms with Gasteiger partial charge in [0.2, 0.25) is 5.91 Å². The Labute approximate surface area is 214 Å². The molecule has 2 unspecified atom stereocenters. The Morgan fingerprint density at radius 3 is 2.31 bits per heavy atom. The maximum absolute atomic E-state index is 13.1. The molecule has 0 aliphatic heterocycles. The molecule has 3 amide bonds. The van der Waals surface area contributed by atoms with E-state index < -0.39 is 36.3 Å². The highest BCUT2D eigenvalue weighted by Gasteiger charge is 2.27. The number of ether oxygens (including phenoxy) is 1. The first-order valence-electron chi connectivity index (χ1n) is 11.4. The molecule has 0 aromatic heterocycles. The minimum Gasteiger partial charge on any atom is -0.467 e. The van der Waals surface area contributed by atoms with Gasteiger partial charge in [-0.05, 0) is 55.5 Å². The second-order valence-corrected chi connectivity index (χ2v) is 8.68. The molecule has 2 aromatic rings. The Bertz CT molecular complexity index is 1000. The number of benzene rings is 2. The average Bonchev–Trinajstić information content (AvgIpc) is 2.89. The van der Waals surface area contributed by atoms with Gasteiger partial charge in [-0.2, -0.15) is 0 Å². The van der Waals surface area contributed by atoms with Crippen molar-refractivity contribution in [2.24, 2.45) is 21.7 Å². The molecule has 0 fully saturated rings. The van der Waals surface area contributed by atoms with Crippen LogP contribution in [0, 0.1) is 0 Å². The van der Waals surface area contributed by atoms with Gasteiger partial charge in [0.1, 0.15) is 18.4 Å². The summed E-state index contributed by atoms with van der Waals surface area (Å²) in [4.78, 5) is 39.0. The van der Waals surface area contributed by atoms with Crippen molar-refractivity contribution in [2.45, 2.75) is 42.5 Å². The Morgan fingerprint density at radius 2 is 1.69 bits per heavy atom. The molecule has 0 radical (unpaired) electrons. The molecule has 36 heavy (non-hydrogen) atoms. The molecular weight excluding hydrogens is 482 g/mol. The molecule has 2 atom stereocenters. The second kappa shape index (κ2) is 15.6. The zero-order valence-electron chi connectivity index (χ0n) is 20.3. The highest BCUT2D eigenvalue weighted by Crippen LogP contribution is 2.19. The molecule has 0 aliphatic rings. The predicted octanol–water partition coefficient (Wildman–Crippen LogP) is 2.04. The number of carbonyl (C=O) groups is 3. The third kappa shape index (κ3) is 10.5. The number of thioether (sulfide) groups is 1. The average molecular weight is 516 g/mol. The lowest BCUT2D eigenvalue weighted by Crippen LogP contribution is -2.52. The van der Waals surface area contributed by atoms with Gasteiger partial charge in [-0.1, -0.05) is 35.4 Å². The molecule has 0 saturated carbocycles. The van der Waals surface area contributed by atoms with Gasteiger partial charge < -0.3 is 26.8 Å². The van der Waals surface area contributed by atoms with E-state index in [9.17, 15) is 14.4 Å². The quantitative estimate of drug-likeness (QED) is 0.0886. The molecule has 11 nitrogen and oxygen atoms in total. The zero-order chi connectivity index (χ0) is 26.3. The molecule has 7 N–H and O–H groups in total. The number of carbonyl (C=O) groups excluding carboxylic acids is 3. The third-order valence-electron chi connectivity index (χ3n) is 5.08. The normalized spacial score (nSPS) is 12.8. The monoisotopic (exact) mass is 515 g/mol. The summed E-state index contributed by atoms with van der Waals surface area (Å²) in [6.07, 6.45) is 2.26. The van der Waals surface area contributed by atoms with Crippen LogP contribution in [0.5, 0.6) is 0 Å². The number of urea groups is 1. The molecule has 0 aliphatic carbocycles. The van der Waals surface area contributed by atoms with Crippen LogP contribution in [0.15, 0.2) is 69.7 Å². The molecular formula is C24H33N7O4S. The maximum atomic E-state index is 13.1. The Balaban J connectivity index is 2.10. The fourth-order valence-corrected chi connectivity index (χ4v) is 3.64. The van der Waals surface area contributed by atoms with Gasteiger partial charge in [0.05, 0.1) is 12.8 Å². The van der Waals surface area contributed by atoms with Crippen LogP contribution in [-0.2, 0) is 20.7 Å². The van der Waals surface area contributed by atoms with Crippen molar-refractivity contribution in [1.82, 2.24) is 16.0 Å². The Hall–Kier alpha value is -3.32. The summed E-state index contributed by atoms with van der Waals surface area (Å²) in [5.74, 6) is -1.15. The van der Waals surface area contributed by atoms with Crippen molar-refractivity contribution in [1.29, 1.82) is 0 Å². The van der Waals surface area contributed by atoms with Crippen molar-refractivity contribution >= 4 is 35.4 Å². The molecule has 2 rings (SSSR count). The van der Waals surface area contributed by atoms with Crippen LogP contribution >= 0.6 is 11.8 Å². The number of nitrogens with zero attached hydrogens (tertiary/aromatic N) is 2. The SMILES string of the molecule is COC(=O)C(CCCNC(N)N)NC(=O)C(Cc1ccccc1)NC(=O)/N=N/c1ccc(SC)cc1. The van der Waals surface area contributed by atoms with E-state index in [0.29, 0.717) is 18.7 Å². The summed E-state index contributed by atoms with van der Waals surface area (Å²) in [6.45, 7) is 0.448. The molecule has 0 heterocycles. The van der Waals surface area contributed by atoms with Crippen LogP contribution in [0.25, 0.3) is 0 Å². The molecule has 0 spiro atoms. The van der Waals surface area contributed by atoms with E-state index in [4.69, 9.17) is 16.2 Å².